The number of aromatic nitrogens is 1. The highest BCUT2D eigenvalue weighted by Crippen LogP contribution is 2.30. The van der Waals surface area contributed by atoms with Crippen molar-refractivity contribution >= 4 is 22.6 Å². The Morgan fingerprint density at radius 3 is 2.45 bits per heavy atom. The molecule has 0 radical (unpaired) electrons. The van der Waals surface area contributed by atoms with Gasteiger partial charge in [-0.05, 0) is 31.4 Å². The maximum absolute atomic E-state index is 13.2. The number of hydrogen-bond donors (Lipinski definition) is 1. The Labute approximate surface area is 171 Å². The van der Waals surface area contributed by atoms with Crippen LogP contribution >= 0.6 is 0 Å². The lowest BCUT2D eigenvalue weighted by Crippen LogP contribution is -2.29. The van der Waals surface area contributed by atoms with Gasteiger partial charge in [-0.25, -0.2) is 0 Å². The van der Waals surface area contributed by atoms with Crippen molar-refractivity contribution in [3.05, 3.63) is 71.9 Å². The molecule has 29 heavy (non-hydrogen) atoms. The first-order valence-electron chi connectivity index (χ1n) is 10.6. The van der Waals surface area contributed by atoms with Gasteiger partial charge in [0.05, 0.1) is 6.04 Å². The van der Waals surface area contributed by atoms with Crippen LogP contribution in [0, 0.1) is 5.92 Å². The smallest absolute Gasteiger partial charge is 0.240 e. The Bertz CT molecular complexity index is 1000. The third kappa shape index (κ3) is 4.26. The number of Topliss-reactive ketones (excluding diaryl/α,β-unsaturated/α-hetero) is 1. The van der Waals surface area contributed by atoms with Crippen LogP contribution in [-0.4, -0.2) is 16.3 Å². The third-order valence-electron chi connectivity index (χ3n) is 6.02. The van der Waals surface area contributed by atoms with E-state index in [1.165, 1.54) is 6.42 Å². The van der Waals surface area contributed by atoms with Crippen LogP contribution in [0.25, 0.3) is 10.9 Å². The molecule has 1 N–H and O–H groups in total. The molecular formula is C25H28N2O2. The molecule has 0 aliphatic heterocycles. The predicted molar refractivity (Wildman–Crippen MR) is 116 cm³/mol. The number of hydrogen-bond acceptors (Lipinski definition) is 2. The summed E-state index contributed by atoms with van der Waals surface area (Å²) in [7, 11) is 0. The number of carbonyl (C=O) groups is 2. The molecule has 1 amide bonds. The summed E-state index contributed by atoms with van der Waals surface area (Å²) in [4.78, 5) is 25.9. The molecule has 1 atom stereocenters. The van der Waals surface area contributed by atoms with Crippen molar-refractivity contribution < 1.29 is 9.59 Å². The molecule has 4 rings (SSSR count). The number of nitrogens with one attached hydrogen (secondary N) is 1. The second-order valence-electron chi connectivity index (χ2n) is 8.09. The topological polar surface area (TPSA) is 51.1 Å². The first kappa shape index (κ1) is 19.4. The molecule has 3 aromatic rings. The number of ketones is 1. The second-order valence-corrected chi connectivity index (χ2v) is 8.09. The van der Waals surface area contributed by atoms with E-state index >= 15 is 0 Å². The molecule has 0 bridgehead atoms. The van der Waals surface area contributed by atoms with Crippen molar-refractivity contribution in [3.8, 4) is 0 Å². The average molecular weight is 389 g/mol. The SMILES string of the molecule is C[C@@H](NC(=O)Cn1cc(C(=O)C2CCCCC2)c2ccccc21)c1ccccc1. The third-order valence-corrected chi connectivity index (χ3v) is 6.02. The van der Waals surface area contributed by atoms with E-state index in [1.807, 2.05) is 72.3 Å². The van der Waals surface area contributed by atoms with Gasteiger partial charge in [-0.2, -0.15) is 0 Å². The summed E-state index contributed by atoms with van der Waals surface area (Å²) < 4.78 is 1.92. The standard InChI is InChI=1S/C25H28N2O2/c1-18(19-10-4-2-5-11-19)26-24(28)17-27-16-22(21-14-8-9-15-23(21)27)25(29)20-12-6-3-7-13-20/h2,4-5,8-11,14-16,18,20H,3,6-7,12-13,17H2,1H3,(H,26,28)/t18-/m1/s1. The zero-order valence-corrected chi connectivity index (χ0v) is 16.9. The van der Waals surface area contributed by atoms with Crippen LogP contribution in [0.2, 0.25) is 0 Å². The number of amides is 1. The first-order chi connectivity index (χ1) is 14.1. The Hall–Kier alpha value is -2.88. The van der Waals surface area contributed by atoms with Crippen molar-refractivity contribution in [1.29, 1.82) is 0 Å². The van der Waals surface area contributed by atoms with Gasteiger partial charge < -0.3 is 9.88 Å². The fraction of sp³-hybridized carbons (Fsp3) is 0.360. The largest absolute Gasteiger partial charge is 0.348 e. The monoisotopic (exact) mass is 388 g/mol. The molecule has 1 heterocycles. The first-order valence-corrected chi connectivity index (χ1v) is 10.6. The quantitative estimate of drug-likeness (QED) is 0.584. The van der Waals surface area contributed by atoms with Gasteiger partial charge in [0, 0.05) is 28.6 Å². The number of carbonyl (C=O) groups excluding carboxylic acids is 2. The zero-order chi connectivity index (χ0) is 20.2. The van der Waals surface area contributed by atoms with Gasteiger partial charge >= 0.3 is 0 Å². The van der Waals surface area contributed by atoms with Crippen molar-refractivity contribution in [2.75, 3.05) is 0 Å². The number of rotatable bonds is 6. The predicted octanol–water partition coefficient (Wildman–Crippen LogP) is 5.28. The maximum Gasteiger partial charge on any atom is 0.240 e. The van der Waals surface area contributed by atoms with Crippen LogP contribution in [0.5, 0.6) is 0 Å². The molecule has 1 aromatic heterocycles. The zero-order valence-electron chi connectivity index (χ0n) is 16.9. The lowest BCUT2D eigenvalue weighted by Gasteiger charge is -2.19. The summed E-state index contributed by atoms with van der Waals surface area (Å²) >= 11 is 0. The van der Waals surface area contributed by atoms with Crippen molar-refractivity contribution in [2.24, 2.45) is 5.92 Å². The maximum atomic E-state index is 13.2. The normalized spacial score (nSPS) is 15.9. The van der Waals surface area contributed by atoms with E-state index in [0.29, 0.717) is 0 Å². The summed E-state index contributed by atoms with van der Waals surface area (Å²) in [5.41, 5.74) is 2.77. The highest BCUT2D eigenvalue weighted by molar-refractivity contribution is 6.09. The number of benzene rings is 2. The van der Waals surface area contributed by atoms with E-state index in [9.17, 15) is 9.59 Å². The van der Waals surface area contributed by atoms with Crippen LogP contribution in [-0.2, 0) is 11.3 Å². The Kier molecular flexibility index (Phi) is 5.79. The molecule has 0 unspecified atom stereocenters. The molecule has 0 saturated heterocycles. The van der Waals surface area contributed by atoms with Gasteiger partial charge in [0.15, 0.2) is 5.78 Å². The van der Waals surface area contributed by atoms with Crippen LogP contribution in [0.1, 0.15) is 61.0 Å². The number of para-hydroxylation sites is 1. The van der Waals surface area contributed by atoms with Crippen LogP contribution in [0.15, 0.2) is 60.8 Å². The van der Waals surface area contributed by atoms with E-state index < -0.39 is 0 Å². The molecular weight excluding hydrogens is 360 g/mol. The van der Waals surface area contributed by atoms with Gasteiger partial charge in [0.25, 0.3) is 0 Å². The summed E-state index contributed by atoms with van der Waals surface area (Å²) in [5.74, 6) is 0.298. The molecule has 4 nitrogen and oxygen atoms in total. The van der Waals surface area contributed by atoms with Crippen LogP contribution < -0.4 is 5.32 Å². The van der Waals surface area contributed by atoms with Gasteiger partial charge in [-0.1, -0.05) is 67.8 Å². The summed E-state index contributed by atoms with van der Waals surface area (Å²) in [6.45, 7) is 2.19. The fourth-order valence-corrected chi connectivity index (χ4v) is 4.43. The van der Waals surface area contributed by atoms with E-state index in [1.54, 1.807) is 0 Å². The minimum absolute atomic E-state index is 0.0567. The van der Waals surface area contributed by atoms with Crippen molar-refractivity contribution in [1.82, 2.24) is 9.88 Å². The molecule has 1 saturated carbocycles. The van der Waals surface area contributed by atoms with E-state index in [0.717, 1.165) is 47.7 Å². The number of fused-ring (bicyclic) bond motifs is 1. The molecule has 4 heteroatoms. The van der Waals surface area contributed by atoms with Gasteiger partial charge in [0.1, 0.15) is 6.54 Å². The molecule has 0 spiro atoms. The highest BCUT2D eigenvalue weighted by Gasteiger charge is 2.25. The Morgan fingerprint density at radius 1 is 1.00 bits per heavy atom. The fourth-order valence-electron chi connectivity index (χ4n) is 4.43. The second kappa shape index (κ2) is 8.64. The minimum Gasteiger partial charge on any atom is -0.348 e. The molecule has 1 aliphatic rings. The molecule has 1 fully saturated rings. The summed E-state index contributed by atoms with van der Waals surface area (Å²) in [6.07, 6.45) is 7.34. The summed E-state index contributed by atoms with van der Waals surface area (Å²) in [5, 5.41) is 4.02. The highest BCUT2D eigenvalue weighted by atomic mass is 16.2. The van der Waals surface area contributed by atoms with Gasteiger partial charge in [0.2, 0.25) is 5.91 Å². The lowest BCUT2D eigenvalue weighted by atomic mass is 9.84. The van der Waals surface area contributed by atoms with Gasteiger partial charge in [-0.3, -0.25) is 9.59 Å². The molecule has 2 aromatic carbocycles. The van der Waals surface area contributed by atoms with Gasteiger partial charge in [-0.15, -0.1) is 0 Å². The van der Waals surface area contributed by atoms with Crippen LogP contribution in [0.3, 0.4) is 0 Å². The number of nitrogens with zero attached hydrogens (tertiary/aromatic N) is 1. The van der Waals surface area contributed by atoms with Crippen molar-refractivity contribution in [3.63, 3.8) is 0 Å². The molecule has 1 aliphatic carbocycles. The van der Waals surface area contributed by atoms with Crippen molar-refractivity contribution in [2.45, 2.75) is 51.6 Å². The average Bonchev–Trinajstić information content (AvgIpc) is 3.12. The Morgan fingerprint density at radius 2 is 1.69 bits per heavy atom. The lowest BCUT2D eigenvalue weighted by molar-refractivity contribution is -0.122. The van der Waals surface area contributed by atoms with E-state index in [4.69, 9.17) is 0 Å². The van der Waals surface area contributed by atoms with E-state index in [2.05, 4.69) is 5.32 Å². The summed E-state index contributed by atoms with van der Waals surface area (Å²) in [6, 6.07) is 17.8. The molecule has 150 valence electrons. The Balaban J connectivity index is 1.54. The minimum atomic E-state index is -0.0612. The van der Waals surface area contributed by atoms with Crippen LogP contribution in [0.4, 0.5) is 0 Å². The van der Waals surface area contributed by atoms with E-state index in [-0.39, 0.29) is 30.2 Å².